The van der Waals surface area contributed by atoms with E-state index < -0.39 is 0 Å². The van der Waals surface area contributed by atoms with Crippen molar-refractivity contribution in [3.63, 3.8) is 0 Å². The summed E-state index contributed by atoms with van der Waals surface area (Å²) in [6.45, 7) is 9.07. The molecule has 4 nitrogen and oxygen atoms in total. The van der Waals surface area contributed by atoms with Gasteiger partial charge in [-0.15, -0.1) is 0 Å². The van der Waals surface area contributed by atoms with Crippen LogP contribution in [-0.2, 0) is 11.3 Å². The number of rotatable bonds is 7. The molecule has 1 N–H and O–H groups in total. The van der Waals surface area contributed by atoms with Crippen molar-refractivity contribution < 1.29 is 9.21 Å². The van der Waals surface area contributed by atoms with Crippen LogP contribution in [0.3, 0.4) is 0 Å². The average Bonchev–Trinajstić information content (AvgIpc) is 2.92. The predicted octanol–water partition coefficient (Wildman–Crippen LogP) is 4.44. The molecule has 1 aromatic carbocycles. The summed E-state index contributed by atoms with van der Waals surface area (Å²) < 4.78 is 6.66. The van der Waals surface area contributed by atoms with E-state index in [1.54, 1.807) is 0 Å². The van der Waals surface area contributed by atoms with Crippen molar-refractivity contribution in [1.82, 2.24) is 10.2 Å². The fraction of sp³-hybridized carbons (Fsp3) is 0.421. The van der Waals surface area contributed by atoms with E-state index in [-0.39, 0.29) is 18.0 Å². The van der Waals surface area contributed by atoms with Crippen LogP contribution >= 0.6 is 15.9 Å². The molecule has 1 unspecified atom stereocenters. The Morgan fingerprint density at radius 2 is 1.83 bits per heavy atom. The van der Waals surface area contributed by atoms with E-state index in [2.05, 4.69) is 40.0 Å². The van der Waals surface area contributed by atoms with Gasteiger partial charge in [-0.1, -0.05) is 28.1 Å². The van der Waals surface area contributed by atoms with Crippen LogP contribution in [0.2, 0.25) is 0 Å². The Bertz CT molecular complexity index is 664. The van der Waals surface area contributed by atoms with Crippen LogP contribution < -0.4 is 5.32 Å². The van der Waals surface area contributed by atoms with E-state index in [0.717, 1.165) is 21.6 Å². The maximum Gasteiger partial charge on any atom is 0.234 e. The molecule has 0 bridgehead atoms. The first-order valence-corrected chi connectivity index (χ1v) is 8.98. The van der Waals surface area contributed by atoms with Crippen molar-refractivity contribution in [2.45, 2.75) is 46.3 Å². The van der Waals surface area contributed by atoms with Gasteiger partial charge < -0.3 is 9.73 Å². The lowest BCUT2D eigenvalue weighted by atomic mass is 10.1. The quantitative estimate of drug-likeness (QED) is 0.757. The Labute approximate surface area is 152 Å². The number of hydrogen-bond acceptors (Lipinski definition) is 3. The highest BCUT2D eigenvalue weighted by Gasteiger charge is 2.17. The monoisotopic (exact) mass is 392 g/mol. The zero-order valence-electron chi connectivity index (χ0n) is 14.7. The highest BCUT2D eigenvalue weighted by atomic mass is 79.9. The molecule has 0 aliphatic heterocycles. The minimum absolute atomic E-state index is 0.0161. The van der Waals surface area contributed by atoms with Gasteiger partial charge in [0, 0.05) is 10.5 Å². The number of carbonyl (C=O) groups excluding carboxylic acids is 1. The third-order valence-corrected chi connectivity index (χ3v) is 4.51. The van der Waals surface area contributed by atoms with E-state index in [4.69, 9.17) is 4.42 Å². The number of aryl methyl sites for hydroxylation is 1. The predicted molar refractivity (Wildman–Crippen MR) is 99.7 cm³/mol. The van der Waals surface area contributed by atoms with Crippen molar-refractivity contribution in [1.29, 1.82) is 0 Å². The lowest BCUT2D eigenvalue weighted by Crippen LogP contribution is -2.41. The third-order valence-electron chi connectivity index (χ3n) is 3.98. The Kier molecular flexibility index (Phi) is 6.63. The molecule has 2 rings (SSSR count). The zero-order chi connectivity index (χ0) is 17.7. The second kappa shape index (κ2) is 8.49. The van der Waals surface area contributed by atoms with Crippen molar-refractivity contribution in [2.75, 3.05) is 6.54 Å². The molecule has 1 atom stereocenters. The molecule has 1 aromatic heterocycles. The summed E-state index contributed by atoms with van der Waals surface area (Å²) in [5.74, 6) is 1.79. The molecule has 0 radical (unpaired) electrons. The molecule has 24 heavy (non-hydrogen) atoms. The van der Waals surface area contributed by atoms with E-state index >= 15 is 0 Å². The normalized spacial score (nSPS) is 12.6. The second-order valence-corrected chi connectivity index (χ2v) is 7.27. The van der Waals surface area contributed by atoms with Crippen LogP contribution in [0.25, 0.3) is 0 Å². The first kappa shape index (κ1) is 18.7. The van der Waals surface area contributed by atoms with Gasteiger partial charge in [0.25, 0.3) is 0 Å². The molecule has 0 spiro atoms. The van der Waals surface area contributed by atoms with Gasteiger partial charge in [-0.2, -0.15) is 0 Å². The van der Waals surface area contributed by atoms with Crippen LogP contribution in [0, 0.1) is 6.92 Å². The summed E-state index contributed by atoms with van der Waals surface area (Å²) in [5.41, 5.74) is 1.09. The van der Waals surface area contributed by atoms with Crippen molar-refractivity contribution in [2.24, 2.45) is 0 Å². The van der Waals surface area contributed by atoms with Crippen LogP contribution in [-0.4, -0.2) is 23.4 Å². The summed E-state index contributed by atoms with van der Waals surface area (Å²) in [5, 5.41) is 3.07. The molecule has 0 fully saturated rings. The number of carbonyl (C=O) groups is 1. The van der Waals surface area contributed by atoms with Gasteiger partial charge in [-0.3, -0.25) is 9.69 Å². The second-order valence-electron chi connectivity index (χ2n) is 6.35. The Morgan fingerprint density at radius 1 is 1.17 bits per heavy atom. The lowest BCUT2D eigenvalue weighted by Gasteiger charge is -2.25. The molecule has 1 heterocycles. The Morgan fingerprint density at radius 3 is 2.38 bits per heavy atom. The number of hydrogen-bond donors (Lipinski definition) is 1. The van der Waals surface area contributed by atoms with Gasteiger partial charge in [0.15, 0.2) is 0 Å². The summed E-state index contributed by atoms with van der Waals surface area (Å²) in [6.07, 6.45) is 0. The molecule has 0 aliphatic rings. The van der Waals surface area contributed by atoms with Gasteiger partial charge in [-0.05, 0) is 57.5 Å². The summed E-state index contributed by atoms with van der Waals surface area (Å²) in [6, 6.07) is 12.1. The average molecular weight is 393 g/mol. The summed E-state index contributed by atoms with van der Waals surface area (Å²) in [4.78, 5) is 14.5. The molecule has 1 amide bonds. The molecule has 0 saturated heterocycles. The van der Waals surface area contributed by atoms with Gasteiger partial charge in [-0.25, -0.2) is 0 Å². The largest absolute Gasteiger partial charge is 0.465 e. The molecular weight excluding hydrogens is 368 g/mol. The van der Waals surface area contributed by atoms with Crippen molar-refractivity contribution in [3.05, 3.63) is 58.0 Å². The number of nitrogens with one attached hydrogen (secondary N) is 1. The topological polar surface area (TPSA) is 45.5 Å². The minimum atomic E-state index is -0.0227. The lowest BCUT2D eigenvalue weighted by molar-refractivity contribution is -0.123. The van der Waals surface area contributed by atoms with Crippen LogP contribution in [0.4, 0.5) is 0 Å². The smallest absolute Gasteiger partial charge is 0.234 e. The molecule has 130 valence electrons. The SMILES string of the molecule is Cc1ccc(CN(CC(=O)NC(C)c2ccc(Br)cc2)C(C)C)o1. The first-order chi connectivity index (χ1) is 11.3. The highest BCUT2D eigenvalue weighted by Crippen LogP contribution is 2.17. The molecule has 5 heteroatoms. The van der Waals surface area contributed by atoms with E-state index in [9.17, 15) is 4.79 Å². The van der Waals surface area contributed by atoms with E-state index in [0.29, 0.717) is 13.1 Å². The van der Waals surface area contributed by atoms with Gasteiger partial charge in [0.2, 0.25) is 5.91 Å². The molecule has 0 saturated carbocycles. The van der Waals surface area contributed by atoms with E-state index in [1.165, 1.54) is 0 Å². The number of nitrogens with zero attached hydrogens (tertiary/aromatic N) is 1. The van der Waals surface area contributed by atoms with Crippen LogP contribution in [0.15, 0.2) is 45.3 Å². The van der Waals surface area contributed by atoms with Gasteiger partial charge >= 0.3 is 0 Å². The third kappa shape index (κ3) is 5.49. The zero-order valence-corrected chi connectivity index (χ0v) is 16.3. The number of benzene rings is 1. The minimum Gasteiger partial charge on any atom is -0.465 e. The summed E-state index contributed by atoms with van der Waals surface area (Å²) >= 11 is 3.42. The fourth-order valence-electron chi connectivity index (χ4n) is 2.50. The van der Waals surface area contributed by atoms with Crippen LogP contribution in [0.1, 0.15) is 43.9 Å². The first-order valence-electron chi connectivity index (χ1n) is 8.19. The van der Waals surface area contributed by atoms with Gasteiger partial charge in [0.05, 0.1) is 19.1 Å². The van der Waals surface area contributed by atoms with Crippen LogP contribution in [0.5, 0.6) is 0 Å². The number of halogens is 1. The van der Waals surface area contributed by atoms with Crippen molar-refractivity contribution >= 4 is 21.8 Å². The number of furan rings is 1. The Balaban J connectivity index is 1.93. The molecular formula is C19H25BrN2O2. The van der Waals surface area contributed by atoms with Gasteiger partial charge in [0.1, 0.15) is 11.5 Å². The fourth-order valence-corrected chi connectivity index (χ4v) is 2.76. The molecule has 0 aliphatic carbocycles. The standard InChI is InChI=1S/C19H25BrN2O2/c1-13(2)22(11-18-10-5-14(3)24-18)12-19(23)21-15(4)16-6-8-17(20)9-7-16/h5-10,13,15H,11-12H2,1-4H3,(H,21,23). The maximum absolute atomic E-state index is 12.4. The highest BCUT2D eigenvalue weighted by molar-refractivity contribution is 9.10. The van der Waals surface area contributed by atoms with E-state index in [1.807, 2.05) is 50.2 Å². The number of amides is 1. The summed E-state index contributed by atoms with van der Waals surface area (Å²) in [7, 11) is 0. The molecule has 2 aromatic rings. The maximum atomic E-state index is 12.4. The van der Waals surface area contributed by atoms with Crippen molar-refractivity contribution in [3.8, 4) is 0 Å². The Hall–Kier alpha value is -1.59.